The average Bonchev–Trinajstić information content (AvgIpc) is 3.23. The molecular weight excluding hydrogens is 490 g/mol. The number of hydrogen-bond donors (Lipinski definition) is 1. The van der Waals surface area contributed by atoms with Crippen molar-refractivity contribution in [3.63, 3.8) is 0 Å². The summed E-state index contributed by atoms with van der Waals surface area (Å²) in [4.78, 5) is 48.8. The van der Waals surface area contributed by atoms with Crippen LogP contribution in [0, 0.1) is 11.3 Å². The zero-order valence-corrected chi connectivity index (χ0v) is 22.7. The molecule has 2 aromatic heterocycles. The second kappa shape index (κ2) is 11.0. The van der Waals surface area contributed by atoms with E-state index >= 15 is 0 Å². The molecule has 0 saturated heterocycles. The molecule has 0 bridgehead atoms. The summed E-state index contributed by atoms with van der Waals surface area (Å²) in [6.45, 7) is 10.5. The zero-order valence-electron chi connectivity index (χ0n) is 21.9. The van der Waals surface area contributed by atoms with Crippen LogP contribution in [0.1, 0.15) is 78.6 Å². The number of hydrogen-bond acceptors (Lipinski definition) is 8. The number of carbonyl (C=O) groups excluding carboxylic acids is 3. The first-order valence-corrected chi connectivity index (χ1v) is 13.5. The normalized spacial score (nSPS) is 16.1. The molecule has 1 N–H and O–H groups in total. The lowest BCUT2D eigenvalue weighted by atomic mass is 9.72. The van der Waals surface area contributed by atoms with Crippen LogP contribution >= 0.6 is 11.3 Å². The number of nitrogens with zero attached hydrogens (tertiary/aromatic N) is 2. The van der Waals surface area contributed by atoms with Crippen LogP contribution in [0.2, 0.25) is 0 Å². The molecule has 2 unspecified atom stereocenters. The van der Waals surface area contributed by atoms with E-state index in [9.17, 15) is 14.4 Å². The minimum Gasteiger partial charge on any atom is -0.462 e. The van der Waals surface area contributed by atoms with Crippen molar-refractivity contribution in [3.05, 3.63) is 52.2 Å². The Bertz CT molecular complexity index is 1320. The number of anilines is 1. The SMILES string of the molecule is CCOC(=O)c1c(NC(=O)C(CC)OC(=O)c2cccc3nccnc23)sc2c1CCC(C(C)(C)C)C2. The van der Waals surface area contributed by atoms with E-state index in [1.807, 2.05) is 0 Å². The standard InChI is InChI=1S/C28H33N3O5S/c1-6-20(36-26(33)18-9-8-10-19-23(18)30-14-13-29-19)24(32)31-25-22(27(34)35-7-2)17-12-11-16(28(3,4)5)15-21(17)37-25/h8-10,13-14,16,20H,6-7,11-12,15H2,1-5H3,(H,31,32). The molecule has 2 atom stereocenters. The molecule has 2 heterocycles. The number of amides is 1. The maximum Gasteiger partial charge on any atom is 0.341 e. The van der Waals surface area contributed by atoms with Crippen molar-refractivity contribution >= 4 is 45.2 Å². The van der Waals surface area contributed by atoms with Crippen LogP contribution < -0.4 is 5.32 Å². The third-order valence-electron chi connectivity index (χ3n) is 6.84. The Kier molecular flexibility index (Phi) is 7.92. The van der Waals surface area contributed by atoms with Gasteiger partial charge < -0.3 is 14.8 Å². The second-order valence-electron chi connectivity index (χ2n) is 10.3. The number of esters is 2. The molecule has 1 aromatic carbocycles. The molecule has 9 heteroatoms. The Balaban J connectivity index is 1.57. The Labute approximate surface area is 220 Å². The van der Waals surface area contributed by atoms with E-state index in [4.69, 9.17) is 9.47 Å². The van der Waals surface area contributed by atoms with E-state index in [1.165, 1.54) is 17.5 Å². The number of aromatic nitrogens is 2. The summed E-state index contributed by atoms with van der Waals surface area (Å²) in [6, 6.07) is 5.05. The summed E-state index contributed by atoms with van der Waals surface area (Å²) < 4.78 is 10.9. The molecule has 1 aliphatic carbocycles. The van der Waals surface area contributed by atoms with Crippen molar-refractivity contribution in [2.45, 2.75) is 66.4 Å². The van der Waals surface area contributed by atoms with Gasteiger partial charge in [0, 0.05) is 17.3 Å². The molecule has 4 rings (SSSR count). The molecule has 0 aliphatic heterocycles. The van der Waals surface area contributed by atoms with Crippen molar-refractivity contribution in [2.75, 3.05) is 11.9 Å². The number of thiophene rings is 1. The van der Waals surface area contributed by atoms with E-state index < -0.39 is 23.9 Å². The van der Waals surface area contributed by atoms with Crippen molar-refractivity contribution in [2.24, 2.45) is 11.3 Å². The molecule has 0 fully saturated rings. The van der Waals surface area contributed by atoms with Gasteiger partial charge in [-0.3, -0.25) is 14.8 Å². The first-order valence-electron chi connectivity index (χ1n) is 12.7. The summed E-state index contributed by atoms with van der Waals surface area (Å²) >= 11 is 1.42. The quantitative estimate of drug-likeness (QED) is 0.402. The van der Waals surface area contributed by atoms with E-state index in [-0.39, 0.29) is 24.0 Å². The fourth-order valence-electron chi connectivity index (χ4n) is 4.70. The van der Waals surface area contributed by atoms with Gasteiger partial charge in [0.25, 0.3) is 5.91 Å². The van der Waals surface area contributed by atoms with Crippen LogP contribution in [0.5, 0.6) is 0 Å². The minimum atomic E-state index is -1.05. The molecule has 37 heavy (non-hydrogen) atoms. The number of ether oxygens (including phenoxy) is 2. The largest absolute Gasteiger partial charge is 0.462 e. The topological polar surface area (TPSA) is 107 Å². The van der Waals surface area contributed by atoms with E-state index in [0.717, 1.165) is 29.7 Å². The van der Waals surface area contributed by atoms with Crippen molar-refractivity contribution in [1.29, 1.82) is 0 Å². The maximum absolute atomic E-state index is 13.3. The fourth-order valence-corrected chi connectivity index (χ4v) is 6.02. The summed E-state index contributed by atoms with van der Waals surface area (Å²) in [5, 5.41) is 3.33. The summed E-state index contributed by atoms with van der Waals surface area (Å²) in [5.41, 5.74) is 2.74. The molecule has 1 amide bonds. The first kappa shape index (κ1) is 26.7. The van der Waals surface area contributed by atoms with Gasteiger partial charge in [0.15, 0.2) is 6.10 Å². The monoisotopic (exact) mass is 523 g/mol. The summed E-state index contributed by atoms with van der Waals surface area (Å²) in [7, 11) is 0. The van der Waals surface area contributed by atoms with Crippen LogP contribution in [0.15, 0.2) is 30.6 Å². The van der Waals surface area contributed by atoms with Crippen LogP contribution in [0.25, 0.3) is 11.0 Å². The third kappa shape index (κ3) is 5.66. The highest BCUT2D eigenvalue weighted by Crippen LogP contribution is 2.44. The van der Waals surface area contributed by atoms with E-state index in [1.54, 1.807) is 38.2 Å². The Morgan fingerprint density at radius 3 is 2.59 bits per heavy atom. The maximum atomic E-state index is 13.3. The van der Waals surface area contributed by atoms with Crippen molar-refractivity contribution < 1.29 is 23.9 Å². The van der Waals surface area contributed by atoms with Crippen LogP contribution in [-0.2, 0) is 27.1 Å². The predicted molar refractivity (Wildman–Crippen MR) is 143 cm³/mol. The highest BCUT2D eigenvalue weighted by Gasteiger charge is 2.35. The van der Waals surface area contributed by atoms with Gasteiger partial charge in [-0.25, -0.2) is 9.59 Å². The lowest BCUT2D eigenvalue weighted by Gasteiger charge is -2.33. The predicted octanol–water partition coefficient (Wildman–Crippen LogP) is 5.59. The molecule has 0 saturated carbocycles. The zero-order chi connectivity index (χ0) is 26.7. The van der Waals surface area contributed by atoms with Gasteiger partial charge >= 0.3 is 11.9 Å². The van der Waals surface area contributed by atoms with Crippen LogP contribution in [0.4, 0.5) is 5.00 Å². The smallest absolute Gasteiger partial charge is 0.341 e. The van der Waals surface area contributed by atoms with Gasteiger partial charge in [0.2, 0.25) is 0 Å². The summed E-state index contributed by atoms with van der Waals surface area (Å²) in [6.07, 6.45) is 4.84. The van der Waals surface area contributed by atoms with Crippen LogP contribution in [-0.4, -0.2) is 40.5 Å². The molecule has 3 aromatic rings. The molecule has 0 spiro atoms. The minimum absolute atomic E-state index is 0.142. The fraction of sp³-hybridized carbons (Fsp3) is 0.464. The van der Waals surface area contributed by atoms with Gasteiger partial charge in [0.05, 0.1) is 23.3 Å². The van der Waals surface area contributed by atoms with Gasteiger partial charge in [-0.05, 0) is 61.6 Å². The van der Waals surface area contributed by atoms with Gasteiger partial charge in [-0.1, -0.05) is 33.8 Å². The molecule has 0 radical (unpaired) electrons. The van der Waals surface area contributed by atoms with Crippen molar-refractivity contribution in [3.8, 4) is 0 Å². The molecular formula is C28H33N3O5S. The lowest BCUT2D eigenvalue weighted by Crippen LogP contribution is -2.32. The lowest BCUT2D eigenvalue weighted by molar-refractivity contribution is -0.124. The average molecular weight is 524 g/mol. The number of nitrogens with one attached hydrogen (secondary N) is 1. The number of fused-ring (bicyclic) bond motifs is 2. The highest BCUT2D eigenvalue weighted by atomic mass is 32.1. The van der Waals surface area contributed by atoms with Gasteiger partial charge in [0.1, 0.15) is 10.5 Å². The van der Waals surface area contributed by atoms with Gasteiger partial charge in [-0.15, -0.1) is 11.3 Å². The van der Waals surface area contributed by atoms with E-state index in [0.29, 0.717) is 27.5 Å². The Morgan fingerprint density at radius 2 is 1.89 bits per heavy atom. The molecule has 8 nitrogen and oxygen atoms in total. The third-order valence-corrected chi connectivity index (χ3v) is 8.01. The number of benzene rings is 1. The van der Waals surface area contributed by atoms with Crippen LogP contribution in [0.3, 0.4) is 0 Å². The second-order valence-corrected chi connectivity index (χ2v) is 11.4. The number of carbonyl (C=O) groups is 3. The number of rotatable bonds is 7. The van der Waals surface area contributed by atoms with Crippen molar-refractivity contribution in [1.82, 2.24) is 9.97 Å². The first-order chi connectivity index (χ1) is 17.6. The number of para-hydroxylation sites is 1. The van der Waals surface area contributed by atoms with E-state index in [2.05, 4.69) is 36.1 Å². The Morgan fingerprint density at radius 1 is 1.14 bits per heavy atom. The highest BCUT2D eigenvalue weighted by molar-refractivity contribution is 7.17. The Hall–Kier alpha value is -3.33. The molecule has 196 valence electrons. The van der Waals surface area contributed by atoms with Gasteiger partial charge in [-0.2, -0.15) is 0 Å². The summed E-state index contributed by atoms with van der Waals surface area (Å²) in [5.74, 6) is -1.11. The molecule has 1 aliphatic rings.